The summed E-state index contributed by atoms with van der Waals surface area (Å²) in [6.07, 6.45) is 4.84. The smallest absolute Gasteiger partial charge is 0.0852 e. The number of rotatable bonds is 3. The first-order valence-corrected chi connectivity index (χ1v) is 6.46. The number of para-hydroxylation sites is 1. The van der Waals surface area contributed by atoms with E-state index in [1.165, 1.54) is 0 Å². The average Bonchev–Trinajstić information content (AvgIpc) is 2.49. The molecule has 3 aromatic rings. The van der Waals surface area contributed by atoms with E-state index in [0.29, 0.717) is 12.1 Å². The van der Waals surface area contributed by atoms with Crippen molar-refractivity contribution in [2.75, 3.05) is 5.73 Å². The zero-order valence-corrected chi connectivity index (χ0v) is 10.9. The van der Waals surface area contributed by atoms with Crippen LogP contribution in [0.1, 0.15) is 17.2 Å². The van der Waals surface area contributed by atoms with E-state index in [-0.39, 0.29) is 0 Å². The number of aliphatic hydroxyl groups is 1. The van der Waals surface area contributed by atoms with Crippen LogP contribution < -0.4 is 5.73 Å². The maximum absolute atomic E-state index is 10.5. The lowest BCUT2D eigenvalue weighted by Gasteiger charge is -2.14. The molecule has 0 radical (unpaired) electrons. The van der Waals surface area contributed by atoms with Crippen molar-refractivity contribution in [1.29, 1.82) is 0 Å². The Labute approximate surface area is 116 Å². The minimum Gasteiger partial charge on any atom is -0.398 e. The van der Waals surface area contributed by atoms with Crippen molar-refractivity contribution in [3.8, 4) is 0 Å². The topological polar surface area (TPSA) is 72.0 Å². The van der Waals surface area contributed by atoms with Crippen molar-refractivity contribution < 1.29 is 5.11 Å². The van der Waals surface area contributed by atoms with E-state index < -0.39 is 6.10 Å². The number of nitrogens with two attached hydrogens (primary N) is 1. The summed E-state index contributed by atoms with van der Waals surface area (Å²) in [4.78, 5) is 8.41. The molecule has 20 heavy (non-hydrogen) atoms. The largest absolute Gasteiger partial charge is 0.398 e. The van der Waals surface area contributed by atoms with Crippen molar-refractivity contribution in [2.24, 2.45) is 0 Å². The van der Waals surface area contributed by atoms with Crippen LogP contribution in [0.3, 0.4) is 0 Å². The number of hydrogen-bond donors (Lipinski definition) is 2. The molecule has 3 N–H and O–H groups in total. The van der Waals surface area contributed by atoms with Gasteiger partial charge in [-0.2, -0.15) is 0 Å². The Morgan fingerprint density at radius 3 is 2.80 bits per heavy atom. The maximum Gasteiger partial charge on any atom is 0.0852 e. The third-order valence-corrected chi connectivity index (χ3v) is 3.38. The Kier molecular flexibility index (Phi) is 3.31. The first-order chi connectivity index (χ1) is 9.75. The van der Waals surface area contributed by atoms with E-state index >= 15 is 0 Å². The molecule has 1 unspecified atom stereocenters. The standard InChI is InChI=1S/C16H15N3O/c17-14-6-8-18-10-12(14)9-15(20)13-5-1-3-11-4-2-7-19-16(11)13/h1-8,10,15,20H,9H2,(H2,17,18). The highest BCUT2D eigenvalue weighted by molar-refractivity contribution is 5.81. The second-order valence-electron chi connectivity index (χ2n) is 4.72. The van der Waals surface area contributed by atoms with Crippen LogP contribution in [0.4, 0.5) is 5.69 Å². The molecule has 4 heteroatoms. The molecule has 0 amide bonds. The van der Waals surface area contributed by atoms with Crippen molar-refractivity contribution >= 4 is 16.6 Å². The van der Waals surface area contributed by atoms with E-state index in [0.717, 1.165) is 22.0 Å². The predicted octanol–water partition coefficient (Wildman–Crippen LogP) is 2.49. The Morgan fingerprint density at radius 2 is 1.95 bits per heavy atom. The first kappa shape index (κ1) is 12.6. The average molecular weight is 265 g/mol. The molecule has 4 nitrogen and oxygen atoms in total. The highest BCUT2D eigenvalue weighted by Gasteiger charge is 2.14. The van der Waals surface area contributed by atoms with Gasteiger partial charge in [0.1, 0.15) is 0 Å². The van der Waals surface area contributed by atoms with Gasteiger partial charge < -0.3 is 10.8 Å². The summed E-state index contributed by atoms with van der Waals surface area (Å²) >= 11 is 0. The van der Waals surface area contributed by atoms with Crippen LogP contribution in [0.2, 0.25) is 0 Å². The summed E-state index contributed by atoms with van der Waals surface area (Å²) in [6.45, 7) is 0. The lowest BCUT2D eigenvalue weighted by molar-refractivity contribution is 0.180. The summed E-state index contributed by atoms with van der Waals surface area (Å²) in [5.41, 5.74) is 9.01. The van der Waals surface area contributed by atoms with Gasteiger partial charge in [0, 0.05) is 41.6 Å². The number of anilines is 1. The van der Waals surface area contributed by atoms with Crippen LogP contribution in [0, 0.1) is 0 Å². The Morgan fingerprint density at radius 1 is 1.10 bits per heavy atom. The molecule has 2 aromatic heterocycles. The first-order valence-electron chi connectivity index (χ1n) is 6.46. The number of fused-ring (bicyclic) bond motifs is 1. The summed E-state index contributed by atoms with van der Waals surface area (Å²) in [7, 11) is 0. The van der Waals surface area contributed by atoms with Gasteiger partial charge in [0.2, 0.25) is 0 Å². The molecule has 1 atom stereocenters. The van der Waals surface area contributed by atoms with Gasteiger partial charge in [-0.25, -0.2) is 0 Å². The lowest BCUT2D eigenvalue weighted by atomic mass is 9.99. The van der Waals surface area contributed by atoms with Crippen molar-refractivity contribution in [3.05, 3.63) is 66.1 Å². The summed E-state index contributed by atoms with van der Waals surface area (Å²) in [5, 5.41) is 11.5. The third kappa shape index (κ3) is 2.33. The second kappa shape index (κ2) is 5.27. The molecule has 0 aliphatic carbocycles. The molecule has 0 saturated heterocycles. The van der Waals surface area contributed by atoms with Gasteiger partial charge in [-0.05, 0) is 17.7 Å². The Balaban J connectivity index is 1.97. The fourth-order valence-electron chi connectivity index (χ4n) is 2.32. The third-order valence-electron chi connectivity index (χ3n) is 3.38. The lowest BCUT2D eigenvalue weighted by Crippen LogP contribution is -2.05. The SMILES string of the molecule is Nc1ccncc1CC(O)c1cccc2cccnc12. The van der Waals surface area contributed by atoms with Gasteiger partial charge in [-0.1, -0.05) is 24.3 Å². The zero-order chi connectivity index (χ0) is 13.9. The second-order valence-corrected chi connectivity index (χ2v) is 4.72. The molecule has 2 heterocycles. The Bertz CT molecular complexity index is 737. The van der Waals surface area contributed by atoms with Crippen LogP contribution in [0.25, 0.3) is 10.9 Å². The number of nitrogen functional groups attached to an aromatic ring is 1. The molecular formula is C16H15N3O. The van der Waals surface area contributed by atoms with Crippen LogP contribution in [0.5, 0.6) is 0 Å². The number of nitrogens with zero attached hydrogens (tertiary/aromatic N) is 2. The molecule has 0 spiro atoms. The zero-order valence-electron chi connectivity index (χ0n) is 10.9. The molecule has 0 aliphatic heterocycles. The number of aliphatic hydroxyl groups excluding tert-OH is 1. The predicted molar refractivity (Wildman–Crippen MR) is 79.1 cm³/mol. The fourth-order valence-corrected chi connectivity index (χ4v) is 2.32. The van der Waals surface area contributed by atoms with Gasteiger partial charge in [0.15, 0.2) is 0 Å². The highest BCUT2D eigenvalue weighted by Crippen LogP contribution is 2.26. The van der Waals surface area contributed by atoms with Crippen molar-refractivity contribution in [2.45, 2.75) is 12.5 Å². The maximum atomic E-state index is 10.5. The van der Waals surface area contributed by atoms with Gasteiger partial charge in [-0.3, -0.25) is 9.97 Å². The van der Waals surface area contributed by atoms with E-state index in [4.69, 9.17) is 5.73 Å². The van der Waals surface area contributed by atoms with E-state index in [1.807, 2.05) is 30.3 Å². The highest BCUT2D eigenvalue weighted by atomic mass is 16.3. The van der Waals surface area contributed by atoms with E-state index in [2.05, 4.69) is 9.97 Å². The molecule has 0 bridgehead atoms. The normalized spacial score (nSPS) is 12.4. The van der Waals surface area contributed by atoms with Gasteiger partial charge in [-0.15, -0.1) is 0 Å². The number of pyridine rings is 2. The van der Waals surface area contributed by atoms with Crippen LogP contribution in [-0.4, -0.2) is 15.1 Å². The molecule has 1 aromatic carbocycles. The molecule has 0 saturated carbocycles. The molecule has 3 rings (SSSR count). The summed E-state index contributed by atoms with van der Waals surface area (Å²) < 4.78 is 0. The Hall–Kier alpha value is -2.46. The summed E-state index contributed by atoms with van der Waals surface area (Å²) in [6, 6.07) is 11.4. The number of aromatic nitrogens is 2. The van der Waals surface area contributed by atoms with E-state index in [1.54, 1.807) is 24.7 Å². The van der Waals surface area contributed by atoms with Gasteiger partial charge in [0.05, 0.1) is 11.6 Å². The van der Waals surface area contributed by atoms with Gasteiger partial charge in [0.25, 0.3) is 0 Å². The summed E-state index contributed by atoms with van der Waals surface area (Å²) in [5.74, 6) is 0. The van der Waals surface area contributed by atoms with E-state index in [9.17, 15) is 5.11 Å². The fraction of sp³-hybridized carbons (Fsp3) is 0.125. The molecule has 0 aliphatic rings. The molecular weight excluding hydrogens is 250 g/mol. The number of hydrogen-bond acceptors (Lipinski definition) is 4. The van der Waals surface area contributed by atoms with Crippen molar-refractivity contribution in [1.82, 2.24) is 9.97 Å². The van der Waals surface area contributed by atoms with Crippen LogP contribution in [0.15, 0.2) is 55.0 Å². The quantitative estimate of drug-likeness (QED) is 0.763. The van der Waals surface area contributed by atoms with Gasteiger partial charge >= 0.3 is 0 Å². The molecule has 100 valence electrons. The minimum atomic E-state index is -0.653. The van der Waals surface area contributed by atoms with Crippen LogP contribution in [-0.2, 0) is 6.42 Å². The minimum absolute atomic E-state index is 0.426. The monoisotopic (exact) mass is 265 g/mol. The number of benzene rings is 1. The van der Waals surface area contributed by atoms with Crippen LogP contribution >= 0.6 is 0 Å². The molecule has 0 fully saturated rings. The van der Waals surface area contributed by atoms with Crippen molar-refractivity contribution in [3.63, 3.8) is 0 Å².